The second-order valence-corrected chi connectivity index (χ2v) is 5.77. The van der Waals surface area contributed by atoms with E-state index in [2.05, 4.69) is 21.2 Å². The van der Waals surface area contributed by atoms with Crippen molar-refractivity contribution in [1.82, 2.24) is 0 Å². The van der Waals surface area contributed by atoms with E-state index >= 15 is 0 Å². The van der Waals surface area contributed by atoms with Crippen LogP contribution in [0.2, 0.25) is 10.0 Å². The molecule has 2 aromatic carbocycles. The van der Waals surface area contributed by atoms with Gasteiger partial charge in [0, 0.05) is 4.47 Å². The molecule has 1 N–H and O–H groups in total. The highest BCUT2D eigenvalue weighted by molar-refractivity contribution is 9.10. The van der Waals surface area contributed by atoms with Crippen molar-refractivity contribution in [3.05, 3.63) is 61.8 Å². The van der Waals surface area contributed by atoms with Crippen molar-refractivity contribution in [3.8, 4) is 0 Å². The Labute approximate surface area is 134 Å². The van der Waals surface area contributed by atoms with E-state index in [1.54, 1.807) is 25.1 Å². The molecule has 0 bridgehead atoms. The molecule has 0 aliphatic rings. The molecule has 0 saturated heterocycles. The van der Waals surface area contributed by atoms with Crippen LogP contribution >= 0.6 is 39.1 Å². The summed E-state index contributed by atoms with van der Waals surface area (Å²) < 4.78 is 14.3. The van der Waals surface area contributed by atoms with Crippen molar-refractivity contribution >= 4 is 50.7 Å². The number of benzene rings is 2. The van der Waals surface area contributed by atoms with E-state index in [-0.39, 0.29) is 15.6 Å². The first-order valence-electron chi connectivity index (χ1n) is 5.61. The van der Waals surface area contributed by atoms with Crippen LogP contribution in [0.3, 0.4) is 0 Å². The number of carbonyl (C=O) groups excluding carboxylic acids is 1. The number of amides is 1. The lowest BCUT2D eigenvalue weighted by Crippen LogP contribution is -2.14. The molecule has 20 heavy (non-hydrogen) atoms. The van der Waals surface area contributed by atoms with Crippen LogP contribution in [-0.2, 0) is 0 Å². The third-order valence-corrected chi connectivity index (χ3v) is 4.42. The van der Waals surface area contributed by atoms with E-state index in [4.69, 9.17) is 23.2 Å². The van der Waals surface area contributed by atoms with Gasteiger partial charge in [-0.15, -0.1) is 0 Å². The van der Waals surface area contributed by atoms with Crippen molar-refractivity contribution in [2.45, 2.75) is 6.92 Å². The molecule has 0 fully saturated rings. The summed E-state index contributed by atoms with van der Waals surface area (Å²) in [6, 6.07) is 7.62. The zero-order chi connectivity index (χ0) is 14.9. The second kappa shape index (κ2) is 6.12. The fourth-order valence-corrected chi connectivity index (χ4v) is 2.44. The number of aryl methyl sites for hydroxylation is 1. The van der Waals surface area contributed by atoms with E-state index in [1.807, 2.05) is 0 Å². The first-order chi connectivity index (χ1) is 9.40. The zero-order valence-corrected chi connectivity index (χ0v) is 13.4. The van der Waals surface area contributed by atoms with Crippen molar-refractivity contribution in [2.24, 2.45) is 0 Å². The first-order valence-corrected chi connectivity index (χ1v) is 7.16. The molecule has 1 amide bonds. The molecule has 6 heteroatoms. The molecule has 0 aliphatic heterocycles. The molecule has 0 radical (unpaired) electrons. The number of rotatable bonds is 2. The Balaban J connectivity index is 2.30. The van der Waals surface area contributed by atoms with Gasteiger partial charge < -0.3 is 5.32 Å². The molecule has 0 atom stereocenters. The monoisotopic (exact) mass is 375 g/mol. The van der Waals surface area contributed by atoms with Crippen LogP contribution in [0.1, 0.15) is 15.9 Å². The fraction of sp³-hybridized carbons (Fsp3) is 0.0714. The maximum absolute atomic E-state index is 13.7. The standard InChI is InChI=1S/C14H9BrCl2FNO/c1-7-2-3-8(10(18)6-7)14(20)19-11-5-4-9(15)12(16)13(11)17/h2-6H,1H3,(H,19,20). The summed E-state index contributed by atoms with van der Waals surface area (Å²) in [5.41, 5.74) is 1.01. The molecule has 0 spiro atoms. The number of hydrogen-bond donors (Lipinski definition) is 1. The first kappa shape index (κ1) is 15.3. The van der Waals surface area contributed by atoms with Crippen LogP contribution < -0.4 is 5.32 Å². The van der Waals surface area contributed by atoms with Gasteiger partial charge in [0.1, 0.15) is 5.82 Å². The average Bonchev–Trinajstić information content (AvgIpc) is 2.39. The van der Waals surface area contributed by atoms with Crippen LogP contribution in [0.25, 0.3) is 0 Å². The second-order valence-electron chi connectivity index (χ2n) is 4.16. The highest BCUT2D eigenvalue weighted by Crippen LogP contribution is 2.36. The van der Waals surface area contributed by atoms with Crippen molar-refractivity contribution in [1.29, 1.82) is 0 Å². The van der Waals surface area contributed by atoms with Crippen LogP contribution in [0.4, 0.5) is 10.1 Å². The van der Waals surface area contributed by atoms with Crippen LogP contribution in [0.15, 0.2) is 34.8 Å². The highest BCUT2D eigenvalue weighted by Gasteiger charge is 2.15. The minimum absolute atomic E-state index is 0.0503. The summed E-state index contributed by atoms with van der Waals surface area (Å²) in [4.78, 5) is 12.0. The Morgan fingerprint density at radius 3 is 2.55 bits per heavy atom. The van der Waals surface area contributed by atoms with Gasteiger partial charge in [0.25, 0.3) is 5.91 Å². The van der Waals surface area contributed by atoms with E-state index in [1.165, 1.54) is 12.1 Å². The maximum Gasteiger partial charge on any atom is 0.258 e. The Bertz CT molecular complexity index is 691. The SMILES string of the molecule is Cc1ccc(C(=O)Nc2ccc(Br)c(Cl)c2Cl)c(F)c1. The van der Waals surface area contributed by atoms with Gasteiger partial charge >= 0.3 is 0 Å². The third kappa shape index (κ3) is 3.14. The van der Waals surface area contributed by atoms with Crippen LogP contribution in [-0.4, -0.2) is 5.91 Å². The Morgan fingerprint density at radius 2 is 1.90 bits per heavy atom. The molecule has 2 nitrogen and oxygen atoms in total. The van der Waals surface area contributed by atoms with Crippen LogP contribution in [0.5, 0.6) is 0 Å². The lowest BCUT2D eigenvalue weighted by Gasteiger charge is -2.10. The zero-order valence-electron chi connectivity index (χ0n) is 10.3. The molecular weight excluding hydrogens is 368 g/mol. The molecule has 0 heterocycles. The number of anilines is 1. The Hall–Kier alpha value is -1.10. The smallest absolute Gasteiger partial charge is 0.258 e. The predicted molar refractivity (Wildman–Crippen MR) is 83.3 cm³/mol. The number of nitrogens with one attached hydrogen (secondary N) is 1. The Kier molecular flexibility index (Phi) is 4.68. The van der Waals surface area contributed by atoms with Crippen LogP contribution in [0, 0.1) is 12.7 Å². The maximum atomic E-state index is 13.7. The van der Waals surface area contributed by atoms with Crippen molar-refractivity contribution < 1.29 is 9.18 Å². The minimum Gasteiger partial charge on any atom is -0.320 e. The van der Waals surface area contributed by atoms with E-state index in [9.17, 15) is 9.18 Å². The van der Waals surface area contributed by atoms with Gasteiger partial charge in [0.05, 0.1) is 21.3 Å². The van der Waals surface area contributed by atoms with E-state index in [0.29, 0.717) is 10.2 Å². The topological polar surface area (TPSA) is 29.1 Å². The van der Waals surface area contributed by atoms with E-state index in [0.717, 1.165) is 5.56 Å². The molecular formula is C14H9BrCl2FNO. The number of halogens is 4. The third-order valence-electron chi connectivity index (χ3n) is 2.65. The van der Waals surface area contributed by atoms with Gasteiger partial charge in [-0.05, 0) is 52.7 Å². The van der Waals surface area contributed by atoms with Gasteiger partial charge in [0.15, 0.2) is 0 Å². The molecule has 0 aliphatic carbocycles. The fourth-order valence-electron chi connectivity index (χ4n) is 1.62. The molecule has 2 rings (SSSR count). The Morgan fingerprint density at radius 1 is 1.20 bits per heavy atom. The highest BCUT2D eigenvalue weighted by atomic mass is 79.9. The lowest BCUT2D eigenvalue weighted by molar-refractivity contribution is 0.102. The van der Waals surface area contributed by atoms with E-state index < -0.39 is 11.7 Å². The quantitative estimate of drug-likeness (QED) is 0.693. The van der Waals surface area contributed by atoms with Gasteiger partial charge in [-0.1, -0.05) is 29.3 Å². The van der Waals surface area contributed by atoms with Gasteiger partial charge in [-0.25, -0.2) is 4.39 Å². The number of hydrogen-bond acceptors (Lipinski definition) is 1. The minimum atomic E-state index is -0.582. The van der Waals surface area contributed by atoms with Crippen molar-refractivity contribution in [2.75, 3.05) is 5.32 Å². The van der Waals surface area contributed by atoms with Crippen molar-refractivity contribution in [3.63, 3.8) is 0 Å². The predicted octanol–water partition coefficient (Wildman–Crippen LogP) is 5.46. The largest absolute Gasteiger partial charge is 0.320 e. The van der Waals surface area contributed by atoms with Gasteiger partial charge in [-0.2, -0.15) is 0 Å². The summed E-state index contributed by atoms with van der Waals surface area (Å²) in [7, 11) is 0. The summed E-state index contributed by atoms with van der Waals surface area (Å²) in [5.74, 6) is -1.16. The van der Waals surface area contributed by atoms with Gasteiger partial charge in [-0.3, -0.25) is 4.79 Å². The normalized spacial score (nSPS) is 10.4. The molecule has 104 valence electrons. The molecule has 0 unspecified atom stereocenters. The molecule has 0 aromatic heterocycles. The molecule has 2 aromatic rings. The summed E-state index contributed by atoms with van der Waals surface area (Å²) in [5, 5.41) is 3.02. The lowest BCUT2D eigenvalue weighted by atomic mass is 10.1. The summed E-state index contributed by atoms with van der Waals surface area (Å²) in [6.07, 6.45) is 0. The average molecular weight is 377 g/mol. The molecule has 0 saturated carbocycles. The summed E-state index contributed by atoms with van der Waals surface area (Å²) in [6.45, 7) is 1.75. The summed E-state index contributed by atoms with van der Waals surface area (Å²) >= 11 is 15.2. The number of carbonyl (C=O) groups is 1. The van der Waals surface area contributed by atoms with Gasteiger partial charge in [0.2, 0.25) is 0 Å².